The van der Waals surface area contributed by atoms with E-state index in [-0.39, 0.29) is 12.1 Å². The minimum Gasteiger partial charge on any atom is -0.447 e. The minimum atomic E-state index is -0.246. The van der Waals surface area contributed by atoms with E-state index >= 15 is 0 Å². The quantitative estimate of drug-likeness (QED) is 0.815. The summed E-state index contributed by atoms with van der Waals surface area (Å²) in [5.41, 5.74) is 2.19. The predicted octanol–water partition coefficient (Wildman–Crippen LogP) is 3.52. The molecule has 1 amide bonds. The lowest BCUT2D eigenvalue weighted by Crippen LogP contribution is -2.32. The molecule has 1 saturated heterocycles. The van der Waals surface area contributed by atoms with Crippen LogP contribution in [-0.4, -0.2) is 23.6 Å². The van der Waals surface area contributed by atoms with Gasteiger partial charge in [0.05, 0.1) is 6.04 Å². The first-order chi connectivity index (χ1) is 8.59. The van der Waals surface area contributed by atoms with Crippen molar-refractivity contribution in [2.24, 2.45) is 5.92 Å². The molecule has 1 fully saturated rings. The second-order valence-electron chi connectivity index (χ2n) is 4.97. The zero-order chi connectivity index (χ0) is 13.1. The van der Waals surface area contributed by atoms with Crippen molar-refractivity contribution in [1.29, 1.82) is 0 Å². The zero-order valence-electron chi connectivity index (χ0n) is 11.1. The molecule has 3 heteroatoms. The van der Waals surface area contributed by atoms with Gasteiger partial charge in [-0.3, -0.25) is 4.90 Å². The molecule has 0 N–H and O–H groups in total. The van der Waals surface area contributed by atoms with E-state index in [1.165, 1.54) is 0 Å². The maximum absolute atomic E-state index is 11.7. The van der Waals surface area contributed by atoms with Crippen LogP contribution >= 0.6 is 0 Å². The van der Waals surface area contributed by atoms with E-state index in [9.17, 15) is 4.79 Å². The van der Waals surface area contributed by atoms with Crippen LogP contribution in [0.4, 0.5) is 4.79 Å². The Labute approximate surface area is 108 Å². The summed E-state index contributed by atoms with van der Waals surface area (Å²) in [6.07, 6.45) is 1.65. The standard InChI is InChI=1S/C15H19NO2/c1-11(2)14-10-18-15(17)16(14)9-12(3)13-7-5-4-6-8-13/h4-9,11,14H,10H2,1-3H3/b12-9-/t14-/m0/s1. The van der Waals surface area contributed by atoms with Gasteiger partial charge in [0.1, 0.15) is 6.61 Å². The van der Waals surface area contributed by atoms with Gasteiger partial charge in [0.15, 0.2) is 0 Å². The molecule has 0 aliphatic carbocycles. The smallest absolute Gasteiger partial charge is 0.414 e. The molecule has 0 aromatic heterocycles. The summed E-state index contributed by atoms with van der Waals surface area (Å²) in [4.78, 5) is 13.4. The second kappa shape index (κ2) is 5.25. The van der Waals surface area contributed by atoms with Crippen LogP contribution < -0.4 is 0 Å². The Kier molecular flexibility index (Phi) is 3.70. The van der Waals surface area contributed by atoms with E-state index in [1.54, 1.807) is 4.90 Å². The molecular formula is C15H19NO2. The van der Waals surface area contributed by atoms with E-state index in [2.05, 4.69) is 13.8 Å². The first-order valence-corrected chi connectivity index (χ1v) is 6.28. The molecule has 3 nitrogen and oxygen atoms in total. The number of cyclic esters (lactones) is 1. The van der Waals surface area contributed by atoms with Gasteiger partial charge >= 0.3 is 6.09 Å². The Morgan fingerprint density at radius 2 is 2.06 bits per heavy atom. The molecule has 1 aromatic carbocycles. The summed E-state index contributed by atoms with van der Waals surface area (Å²) >= 11 is 0. The molecule has 96 valence electrons. The van der Waals surface area contributed by atoms with E-state index in [1.807, 2.05) is 43.5 Å². The average Bonchev–Trinajstić information content (AvgIpc) is 2.72. The van der Waals surface area contributed by atoms with Crippen molar-refractivity contribution in [2.75, 3.05) is 6.61 Å². The number of ether oxygens (including phenoxy) is 1. The summed E-state index contributed by atoms with van der Waals surface area (Å²) in [6.45, 7) is 6.70. The van der Waals surface area contributed by atoms with Gasteiger partial charge in [-0.15, -0.1) is 0 Å². The number of rotatable bonds is 3. The van der Waals surface area contributed by atoms with E-state index < -0.39 is 0 Å². The summed E-state index contributed by atoms with van der Waals surface area (Å²) in [7, 11) is 0. The van der Waals surface area contributed by atoms with Gasteiger partial charge in [-0.1, -0.05) is 44.2 Å². The summed E-state index contributed by atoms with van der Waals surface area (Å²) in [5.74, 6) is 0.385. The van der Waals surface area contributed by atoms with Crippen molar-refractivity contribution in [3.05, 3.63) is 42.1 Å². The van der Waals surface area contributed by atoms with Gasteiger partial charge in [-0.25, -0.2) is 4.79 Å². The third kappa shape index (κ3) is 2.55. The molecule has 1 heterocycles. The first kappa shape index (κ1) is 12.7. The fraction of sp³-hybridized carbons (Fsp3) is 0.400. The highest BCUT2D eigenvalue weighted by atomic mass is 16.6. The van der Waals surface area contributed by atoms with E-state index in [0.29, 0.717) is 12.5 Å². The fourth-order valence-electron chi connectivity index (χ4n) is 2.09. The number of nitrogens with zero attached hydrogens (tertiary/aromatic N) is 1. The highest BCUT2D eigenvalue weighted by Gasteiger charge is 2.33. The van der Waals surface area contributed by atoms with Gasteiger partial charge in [0.2, 0.25) is 0 Å². The normalized spacial score (nSPS) is 20.4. The first-order valence-electron chi connectivity index (χ1n) is 6.28. The van der Waals surface area contributed by atoms with E-state index in [0.717, 1.165) is 11.1 Å². The number of carbonyl (C=O) groups is 1. The predicted molar refractivity (Wildman–Crippen MR) is 71.9 cm³/mol. The topological polar surface area (TPSA) is 29.5 Å². The molecule has 1 aromatic rings. The van der Waals surface area contributed by atoms with Crippen molar-refractivity contribution in [3.63, 3.8) is 0 Å². The number of benzene rings is 1. The molecule has 0 bridgehead atoms. The van der Waals surface area contributed by atoms with Gasteiger partial charge < -0.3 is 4.74 Å². The van der Waals surface area contributed by atoms with Crippen LogP contribution in [0.2, 0.25) is 0 Å². The maximum atomic E-state index is 11.7. The van der Waals surface area contributed by atoms with Gasteiger partial charge in [0, 0.05) is 6.20 Å². The van der Waals surface area contributed by atoms with Crippen LogP contribution in [-0.2, 0) is 4.74 Å². The van der Waals surface area contributed by atoms with E-state index in [4.69, 9.17) is 4.74 Å². The largest absolute Gasteiger partial charge is 0.447 e. The SMILES string of the molecule is C/C(=C/N1C(=O)OC[C@H]1C(C)C)c1ccccc1. The fourth-order valence-corrected chi connectivity index (χ4v) is 2.09. The van der Waals surface area contributed by atoms with Crippen molar-refractivity contribution < 1.29 is 9.53 Å². The summed E-state index contributed by atoms with van der Waals surface area (Å²) in [5, 5.41) is 0. The maximum Gasteiger partial charge on any atom is 0.414 e. The minimum absolute atomic E-state index is 0.135. The van der Waals surface area contributed by atoms with Crippen LogP contribution in [0.5, 0.6) is 0 Å². The van der Waals surface area contributed by atoms with Crippen LogP contribution in [0.15, 0.2) is 36.5 Å². The molecular weight excluding hydrogens is 226 g/mol. The molecule has 18 heavy (non-hydrogen) atoms. The number of amides is 1. The highest BCUT2D eigenvalue weighted by molar-refractivity contribution is 5.75. The lowest BCUT2D eigenvalue weighted by molar-refractivity contribution is 0.166. The lowest BCUT2D eigenvalue weighted by atomic mass is 10.0. The number of hydrogen-bond donors (Lipinski definition) is 0. The van der Waals surface area contributed by atoms with Gasteiger partial charge in [-0.05, 0) is 24.0 Å². The third-order valence-corrected chi connectivity index (χ3v) is 3.28. The van der Waals surface area contributed by atoms with Crippen LogP contribution in [0.1, 0.15) is 26.3 Å². The van der Waals surface area contributed by atoms with Crippen molar-refractivity contribution in [3.8, 4) is 0 Å². The van der Waals surface area contributed by atoms with Crippen molar-refractivity contribution >= 4 is 11.7 Å². The Morgan fingerprint density at radius 1 is 1.39 bits per heavy atom. The molecule has 0 saturated carbocycles. The Hall–Kier alpha value is -1.77. The van der Waals surface area contributed by atoms with Crippen molar-refractivity contribution in [1.82, 2.24) is 4.90 Å². The molecule has 0 unspecified atom stereocenters. The highest BCUT2D eigenvalue weighted by Crippen LogP contribution is 2.23. The third-order valence-electron chi connectivity index (χ3n) is 3.28. The molecule has 1 aliphatic heterocycles. The second-order valence-corrected chi connectivity index (χ2v) is 4.97. The number of carbonyl (C=O) groups excluding carboxylic acids is 1. The lowest BCUT2D eigenvalue weighted by Gasteiger charge is -2.21. The van der Waals surface area contributed by atoms with Gasteiger partial charge in [0.25, 0.3) is 0 Å². The van der Waals surface area contributed by atoms with Gasteiger partial charge in [-0.2, -0.15) is 0 Å². The molecule has 0 radical (unpaired) electrons. The van der Waals surface area contributed by atoms with Crippen LogP contribution in [0.3, 0.4) is 0 Å². The monoisotopic (exact) mass is 245 g/mol. The zero-order valence-corrected chi connectivity index (χ0v) is 11.1. The van der Waals surface area contributed by atoms with Crippen LogP contribution in [0.25, 0.3) is 5.57 Å². The Bertz CT molecular complexity index is 451. The molecule has 0 spiro atoms. The molecule has 1 atom stereocenters. The van der Waals surface area contributed by atoms with Crippen molar-refractivity contribution in [2.45, 2.75) is 26.8 Å². The number of hydrogen-bond acceptors (Lipinski definition) is 2. The molecule has 2 rings (SSSR count). The average molecular weight is 245 g/mol. The summed E-state index contributed by atoms with van der Waals surface area (Å²) < 4.78 is 5.12. The summed E-state index contributed by atoms with van der Waals surface area (Å²) in [6, 6.07) is 10.2. The van der Waals surface area contributed by atoms with Crippen LogP contribution in [0, 0.1) is 5.92 Å². The molecule has 1 aliphatic rings. The Morgan fingerprint density at radius 3 is 2.67 bits per heavy atom. The number of allylic oxidation sites excluding steroid dienone is 1. The Balaban J connectivity index is 2.23.